The van der Waals surface area contributed by atoms with Crippen molar-refractivity contribution in [2.75, 3.05) is 54.1 Å². The molecule has 0 aromatic heterocycles. The molecule has 31 heavy (non-hydrogen) atoms. The second kappa shape index (κ2) is 11.9. The highest BCUT2D eigenvalue weighted by molar-refractivity contribution is 5.43. The molecule has 1 aliphatic heterocycles. The van der Waals surface area contributed by atoms with Crippen molar-refractivity contribution in [3.05, 3.63) is 53.6 Å². The average Bonchev–Trinajstić information content (AvgIpc) is 2.82. The number of likely N-dealkylation sites (N-methyl/N-ethyl adjacent to an activating group) is 1. The molecule has 6 nitrogen and oxygen atoms in total. The fraction of sp³-hybridized carbons (Fsp3) is 0.520. The minimum atomic E-state index is 0.0327. The van der Waals surface area contributed by atoms with Crippen LogP contribution in [0.15, 0.2) is 42.5 Å². The van der Waals surface area contributed by atoms with Gasteiger partial charge in [0.1, 0.15) is 12.4 Å². The van der Waals surface area contributed by atoms with Gasteiger partial charge < -0.3 is 24.2 Å². The van der Waals surface area contributed by atoms with Gasteiger partial charge in [0.25, 0.3) is 0 Å². The predicted molar refractivity (Wildman–Crippen MR) is 123 cm³/mol. The number of methoxy groups -OCH3 is 2. The van der Waals surface area contributed by atoms with E-state index in [2.05, 4.69) is 41.1 Å². The van der Waals surface area contributed by atoms with Crippen molar-refractivity contribution < 1.29 is 19.3 Å². The summed E-state index contributed by atoms with van der Waals surface area (Å²) in [4.78, 5) is 5.00. The molecule has 0 unspecified atom stereocenters. The second-order valence-electron chi connectivity index (χ2n) is 8.13. The van der Waals surface area contributed by atoms with E-state index in [1.165, 1.54) is 24.0 Å². The summed E-state index contributed by atoms with van der Waals surface area (Å²) in [6, 6.07) is 14.9. The molecular formula is C25H36N2O4. The molecule has 0 radical (unpaired) electrons. The first kappa shape index (κ1) is 23.4. The molecule has 1 N–H and O–H groups in total. The lowest BCUT2D eigenvalue weighted by molar-refractivity contribution is 0.111. The number of ether oxygens (including phenoxy) is 3. The van der Waals surface area contributed by atoms with E-state index < -0.39 is 0 Å². The Morgan fingerprint density at radius 2 is 1.87 bits per heavy atom. The summed E-state index contributed by atoms with van der Waals surface area (Å²) in [6.45, 7) is 4.40. The van der Waals surface area contributed by atoms with E-state index in [-0.39, 0.29) is 6.61 Å². The van der Waals surface area contributed by atoms with E-state index >= 15 is 0 Å². The number of aliphatic hydroxyl groups is 1. The number of rotatable bonds is 11. The predicted octanol–water partition coefficient (Wildman–Crippen LogP) is 3.21. The molecule has 6 heteroatoms. The van der Waals surface area contributed by atoms with E-state index in [4.69, 9.17) is 19.3 Å². The number of hydrogen-bond acceptors (Lipinski definition) is 6. The Kier molecular flexibility index (Phi) is 9.00. The highest BCUT2D eigenvalue weighted by Crippen LogP contribution is 2.28. The first-order valence-electron chi connectivity index (χ1n) is 11.1. The van der Waals surface area contributed by atoms with Crippen molar-refractivity contribution in [2.24, 2.45) is 0 Å². The van der Waals surface area contributed by atoms with Gasteiger partial charge in [0.05, 0.1) is 20.8 Å². The fourth-order valence-corrected chi connectivity index (χ4v) is 4.23. The zero-order valence-corrected chi connectivity index (χ0v) is 19.0. The molecule has 0 aliphatic carbocycles. The van der Waals surface area contributed by atoms with Crippen molar-refractivity contribution in [3.63, 3.8) is 0 Å². The Morgan fingerprint density at radius 1 is 1.06 bits per heavy atom. The quantitative estimate of drug-likeness (QED) is 0.593. The number of nitrogens with zero attached hydrogens (tertiary/aromatic N) is 2. The van der Waals surface area contributed by atoms with Crippen molar-refractivity contribution in [3.8, 4) is 17.2 Å². The molecule has 2 aromatic carbocycles. The molecule has 1 saturated heterocycles. The van der Waals surface area contributed by atoms with Crippen LogP contribution in [0.4, 0.5) is 0 Å². The van der Waals surface area contributed by atoms with Crippen LogP contribution in [0.1, 0.15) is 24.0 Å². The molecule has 0 spiro atoms. The van der Waals surface area contributed by atoms with Crippen molar-refractivity contribution in [1.82, 2.24) is 9.80 Å². The third-order valence-electron chi connectivity index (χ3n) is 6.02. The Bertz CT molecular complexity index is 814. The maximum Gasteiger partial charge on any atom is 0.160 e. The zero-order valence-electron chi connectivity index (χ0n) is 19.0. The van der Waals surface area contributed by atoms with Gasteiger partial charge in [-0.1, -0.05) is 24.3 Å². The first-order chi connectivity index (χ1) is 15.1. The second-order valence-corrected chi connectivity index (χ2v) is 8.13. The molecule has 1 aliphatic rings. The molecule has 1 heterocycles. The lowest BCUT2D eigenvalue weighted by Crippen LogP contribution is -2.46. The summed E-state index contributed by atoms with van der Waals surface area (Å²) in [6.07, 6.45) is 3.40. The van der Waals surface area contributed by atoms with E-state index in [1.54, 1.807) is 14.2 Å². The normalized spacial score (nSPS) is 17.0. The van der Waals surface area contributed by atoms with Gasteiger partial charge in [0.15, 0.2) is 11.5 Å². The molecule has 1 fully saturated rings. The molecule has 0 saturated carbocycles. The molecule has 1 atom stereocenters. The van der Waals surface area contributed by atoms with Crippen LogP contribution >= 0.6 is 0 Å². The Hall–Kier alpha value is -2.28. The summed E-state index contributed by atoms with van der Waals surface area (Å²) in [7, 11) is 5.57. The first-order valence-corrected chi connectivity index (χ1v) is 11.1. The lowest BCUT2D eigenvalue weighted by atomic mass is 10.0. The Labute approximate surface area is 186 Å². The van der Waals surface area contributed by atoms with E-state index in [9.17, 15) is 0 Å². The lowest BCUT2D eigenvalue weighted by Gasteiger charge is -2.38. The summed E-state index contributed by atoms with van der Waals surface area (Å²) in [5, 5.41) is 9.07. The van der Waals surface area contributed by atoms with E-state index in [0.29, 0.717) is 12.6 Å². The van der Waals surface area contributed by atoms with Crippen LogP contribution in [-0.4, -0.2) is 75.1 Å². The van der Waals surface area contributed by atoms with Crippen LogP contribution in [0.3, 0.4) is 0 Å². The molecule has 2 aromatic rings. The SMILES string of the molecule is COc1ccc(CCN(C)[C@H]2CCCN(Cc3ccccc3OCCO)C2)cc1OC. The van der Waals surface area contributed by atoms with Crippen LogP contribution in [0.5, 0.6) is 17.2 Å². The van der Waals surface area contributed by atoms with Crippen molar-refractivity contribution in [1.29, 1.82) is 0 Å². The Balaban J connectivity index is 1.54. The van der Waals surface area contributed by atoms with Gasteiger partial charge in [-0.3, -0.25) is 4.90 Å². The fourth-order valence-electron chi connectivity index (χ4n) is 4.23. The largest absolute Gasteiger partial charge is 0.493 e. The number of hydrogen-bond donors (Lipinski definition) is 1. The molecule has 170 valence electrons. The maximum absolute atomic E-state index is 9.07. The van der Waals surface area contributed by atoms with Gasteiger partial charge in [-0.2, -0.15) is 0 Å². The van der Waals surface area contributed by atoms with Gasteiger partial charge in [-0.05, 0) is 56.6 Å². The molecular weight excluding hydrogens is 392 g/mol. The average molecular weight is 429 g/mol. The van der Waals surface area contributed by atoms with Gasteiger partial charge in [0, 0.05) is 31.2 Å². The molecule has 0 bridgehead atoms. The summed E-state index contributed by atoms with van der Waals surface area (Å²) in [5.74, 6) is 2.43. The smallest absolute Gasteiger partial charge is 0.160 e. The summed E-state index contributed by atoms with van der Waals surface area (Å²) < 4.78 is 16.5. The number of para-hydroxylation sites is 1. The van der Waals surface area contributed by atoms with E-state index in [0.717, 1.165) is 49.8 Å². The zero-order chi connectivity index (χ0) is 22.1. The number of likely N-dealkylation sites (tertiary alicyclic amines) is 1. The monoisotopic (exact) mass is 428 g/mol. The minimum Gasteiger partial charge on any atom is -0.493 e. The number of piperidine rings is 1. The highest BCUT2D eigenvalue weighted by atomic mass is 16.5. The minimum absolute atomic E-state index is 0.0327. The van der Waals surface area contributed by atoms with Gasteiger partial charge in [0.2, 0.25) is 0 Å². The third kappa shape index (κ3) is 6.60. The number of benzene rings is 2. The Morgan fingerprint density at radius 3 is 2.65 bits per heavy atom. The van der Waals surface area contributed by atoms with Crippen molar-refractivity contribution >= 4 is 0 Å². The van der Waals surface area contributed by atoms with Gasteiger partial charge >= 0.3 is 0 Å². The van der Waals surface area contributed by atoms with Gasteiger partial charge in [-0.25, -0.2) is 0 Å². The number of aliphatic hydroxyl groups excluding tert-OH is 1. The van der Waals surface area contributed by atoms with Gasteiger partial charge in [-0.15, -0.1) is 0 Å². The summed E-state index contributed by atoms with van der Waals surface area (Å²) >= 11 is 0. The molecule has 3 rings (SSSR count). The summed E-state index contributed by atoms with van der Waals surface area (Å²) in [5.41, 5.74) is 2.44. The van der Waals surface area contributed by atoms with Crippen LogP contribution in [-0.2, 0) is 13.0 Å². The highest BCUT2D eigenvalue weighted by Gasteiger charge is 2.24. The van der Waals surface area contributed by atoms with E-state index in [1.807, 2.05) is 18.2 Å². The van der Waals surface area contributed by atoms with Crippen LogP contribution in [0, 0.1) is 0 Å². The van der Waals surface area contributed by atoms with Crippen LogP contribution < -0.4 is 14.2 Å². The standard InChI is InChI=1S/C25H36N2O4/c1-26(14-12-20-10-11-24(29-2)25(17-20)30-3)22-8-6-13-27(19-22)18-21-7-4-5-9-23(21)31-16-15-28/h4-5,7,9-11,17,22,28H,6,8,12-16,18-19H2,1-3H3/t22-/m0/s1. The maximum atomic E-state index is 9.07. The molecule has 0 amide bonds. The van der Waals surface area contributed by atoms with Crippen LogP contribution in [0.25, 0.3) is 0 Å². The van der Waals surface area contributed by atoms with Crippen LogP contribution in [0.2, 0.25) is 0 Å². The topological polar surface area (TPSA) is 54.4 Å². The van der Waals surface area contributed by atoms with Crippen molar-refractivity contribution in [2.45, 2.75) is 31.8 Å². The third-order valence-corrected chi connectivity index (χ3v) is 6.02.